The maximum Gasteiger partial charge on any atom is 0.410 e. The van der Waals surface area contributed by atoms with E-state index < -0.39 is 11.8 Å². The zero-order chi connectivity index (χ0) is 25.6. The van der Waals surface area contributed by atoms with Crippen LogP contribution in [-0.4, -0.2) is 60.1 Å². The van der Waals surface area contributed by atoms with Gasteiger partial charge in [0.15, 0.2) is 0 Å². The summed E-state index contributed by atoms with van der Waals surface area (Å²) >= 11 is 0. The molecule has 3 aliphatic rings. The van der Waals surface area contributed by atoms with Crippen LogP contribution >= 0.6 is 0 Å². The Kier molecular flexibility index (Phi) is 8.07. The van der Waals surface area contributed by atoms with E-state index in [0.29, 0.717) is 51.4 Å². The van der Waals surface area contributed by atoms with Crippen molar-refractivity contribution in [1.29, 1.82) is 0 Å². The van der Waals surface area contributed by atoms with E-state index >= 15 is 0 Å². The molecule has 4 unspecified atom stereocenters. The summed E-state index contributed by atoms with van der Waals surface area (Å²) in [4.78, 5) is 43.3. The largest absolute Gasteiger partial charge is 0.461 e. The Morgan fingerprint density at radius 2 is 1.49 bits per heavy atom. The topological polar surface area (TPSA) is 76.1 Å². The number of carbonyl (C=O) groups excluding carboxylic acids is 3. The average molecular weight is 505 g/mol. The van der Waals surface area contributed by atoms with Gasteiger partial charge in [-0.25, -0.2) is 4.79 Å². The van der Waals surface area contributed by atoms with Crippen molar-refractivity contribution in [2.45, 2.75) is 57.2 Å². The Balaban J connectivity index is 1.26. The molecule has 0 aromatic heterocycles. The summed E-state index contributed by atoms with van der Waals surface area (Å²) in [5.41, 5.74) is 2.14. The molecule has 0 spiro atoms. The van der Waals surface area contributed by atoms with Crippen LogP contribution in [0.15, 0.2) is 60.7 Å². The molecule has 7 nitrogen and oxygen atoms in total. The molecule has 2 aromatic rings. The van der Waals surface area contributed by atoms with E-state index in [1.54, 1.807) is 4.90 Å². The van der Waals surface area contributed by atoms with Crippen LogP contribution in [0.4, 0.5) is 4.79 Å². The van der Waals surface area contributed by atoms with Crippen LogP contribution in [0.25, 0.3) is 0 Å². The molecule has 5 rings (SSSR count). The third-order valence-corrected chi connectivity index (χ3v) is 8.05. The zero-order valence-electron chi connectivity index (χ0n) is 21.3. The number of esters is 1. The van der Waals surface area contributed by atoms with E-state index in [4.69, 9.17) is 9.47 Å². The minimum Gasteiger partial charge on any atom is -0.461 e. The molecule has 196 valence electrons. The smallest absolute Gasteiger partial charge is 0.410 e. The predicted molar refractivity (Wildman–Crippen MR) is 139 cm³/mol. The molecule has 2 aliphatic heterocycles. The van der Waals surface area contributed by atoms with Crippen molar-refractivity contribution in [3.05, 3.63) is 71.8 Å². The highest BCUT2D eigenvalue weighted by Crippen LogP contribution is 2.37. The number of likely N-dealkylation sites (tertiary alicyclic amines) is 2. The standard InChI is InChI=1S/C30H36N2O5/c33-28(32-18-15-24(20-32)23-11-5-2-6-12-23)26-14-13-25(37-30(35)31-16-7-8-17-31)19-27(26)29(34)36-21-22-9-3-1-4-10-22/h1-6,9-12,24-27H,7-8,13-21H2. The first kappa shape index (κ1) is 25.3. The third kappa shape index (κ3) is 6.14. The highest BCUT2D eigenvalue weighted by Gasteiger charge is 2.44. The van der Waals surface area contributed by atoms with Gasteiger partial charge in [-0.05, 0) is 49.7 Å². The Morgan fingerprint density at radius 1 is 0.784 bits per heavy atom. The molecule has 0 bridgehead atoms. The fourth-order valence-corrected chi connectivity index (χ4v) is 5.94. The Labute approximate surface area is 218 Å². The second-order valence-corrected chi connectivity index (χ2v) is 10.5. The molecule has 0 radical (unpaired) electrons. The fourth-order valence-electron chi connectivity index (χ4n) is 5.94. The lowest BCUT2D eigenvalue weighted by atomic mass is 9.77. The quantitative estimate of drug-likeness (QED) is 0.530. The van der Waals surface area contributed by atoms with Gasteiger partial charge in [0.1, 0.15) is 12.7 Å². The first-order valence-electron chi connectivity index (χ1n) is 13.6. The molecule has 1 aliphatic carbocycles. The lowest BCUT2D eigenvalue weighted by molar-refractivity contribution is -0.160. The van der Waals surface area contributed by atoms with Crippen molar-refractivity contribution < 1.29 is 23.9 Å². The number of ether oxygens (including phenoxy) is 2. The van der Waals surface area contributed by atoms with Gasteiger partial charge in [0.05, 0.1) is 11.8 Å². The molecule has 7 heteroatoms. The van der Waals surface area contributed by atoms with Gasteiger partial charge in [-0.2, -0.15) is 0 Å². The van der Waals surface area contributed by atoms with Crippen molar-refractivity contribution in [3.63, 3.8) is 0 Å². The lowest BCUT2D eigenvalue weighted by Crippen LogP contribution is -2.45. The Hall–Kier alpha value is -3.35. The summed E-state index contributed by atoms with van der Waals surface area (Å²) in [6.07, 6.45) is 3.61. The van der Waals surface area contributed by atoms with Crippen LogP contribution in [0.1, 0.15) is 55.6 Å². The molecule has 2 saturated heterocycles. The summed E-state index contributed by atoms with van der Waals surface area (Å²) in [5, 5.41) is 0. The molecular formula is C30H36N2O5. The summed E-state index contributed by atoms with van der Waals surface area (Å²) in [6.45, 7) is 2.95. The number of carbonyl (C=O) groups is 3. The minimum atomic E-state index is -0.628. The number of hydrogen-bond acceptors (Lipinski definition) is 5. The number of benzene rings is 2. The Morgan fingerprint density at radius 3 is 2.22 bits per heavy atom. The third-order valence-electron chi connectivity index (χ3n) is 8.05. The van der Waals surface area contributed by atoms with Gasteiger partial charge < -0.3 is 19.3 Å². The molecular weight excluding hydrogens is 468 g/mol. The van der Waals surface area contributed by atoms with Crippen molar-refractivity contribution >= 4 is 18.0 Å². The van der Waals surface area contributed by atoms with Gasteiger partial charge >= 0.3 is 12.1 Å². The van der Waals surface area contributed by atoms with Crippen molar-refractivity contribution in [2.75, 3.05) is 26.2 Å². The monoisotopic (exact) mass is 504 g/mol. The highest BCUT2D eigenvalue weighted by molar-refractivity contribution is 5.86. The highest BCUT2D eigenvalue weighted by atomic mass is 16.6. The van der Waals surface area contributed by atoms with E-state index in [-0.39, 0.29) is 30.7 Å². The minimum absolute atomic E-state index is 0.0180. The summed E-state index contributed by atoms with van der Waals surface area (Å²) in [7, 11) is 0. The molecule has 2 heterocycles. The first-order valence-corrected chi connectivity index (χ1v) is 13.6. The van der Waals surface area contributed by atoms with Crippen molar-refractivity contribution in [1.82, 2.24) is 9.80 Å². The number of nitrogens with zero attached hydrogens (tertiary/aromatic N) is 2. The molecule has 1 saturated carbocycles. The van der Waals surface area contributed by atoms with E-state index in [2.05, 4.69) is 12.1 Å². The lowest BCUT2D eigenvalue weighted by Gasteiger charge is -2.36. The van der Waals surface area contributed by atoms with Crippen LogP contribution in [0, 0.1) is 11.8 Å². The van der Waals surface area contributed by atoms with Crippen LogP contribution in [-0.2, 0) is 25.7 Å². The van der Waals surface area contributed by atoms with Gasteiger partial charge in [0.25, 0.3) is 0 Å². The van der Waals surface area contributed by atoms with Crippen LogP contribution < -0.4 is 0 Å². The maximum absolute atomic E-state index is 13.7. The predicted octanol–water partition coefficient (Wildman–Crippen LogP) is 4.76. The van der Waals surface area contributed by atoms with Crippen LogP contribution in [0.5, 0.6) is 0 Å². The normalized spacial score (nSPS) is 25.6. The summed E-state index contributed by atoms with van der Waals surface area (Å²) in [5.74, 6) is -1.14. The average Bonchev–Trinajstić information content (AvgIpc) is 3.66. The number of rotatable bonds is 6. The summed E-state index contributed by atoms with van der Waals surface area (Å²) in [6, 6.07) is 19.8. The van der Waals surface area contributed by atoms with Gasteiger partial charge in [0, 0.05) is 32.1 Å². The van der Waals surface area contributed by atoms with E-state index in [9.17, 15) is 14.4 Å². The second-order valence-electron chi connectivity index (χ2n) is 10.5. The maximum atomic E-state index is 13.7. The fraction of sp³-hybridized carbons (Fsp3) is 0.500. The van der Waals surface area contributed by atoms with Crippen molar-refractivity contribution in [2.24, 2.45) is 11.8 Å². The second kappa shape index (κ2) is 11.8. The van der Waals surface area contributed by atoms with Crippen LogP contribution in [0.3, 0.4) is 0 Å². The van der Waals surface area contributed by atoms with E-state index in [1.807, 2.05) is 53.4 Å². The zero-order valence-corrected chi connectivity index (χ0v) is 21.3. The van der Waals surface area contributed by atoms with E-state index in [1.165, 1.54) is 5.56 Å². The SMILES string of the molecule is O=C(OCc1ccccc1)C1CC(OC(=O)N2CCCC2)CCC1C(=O)N1CCC(c2ccccc2)C1. The van der Waals surface area contributed by atoms with E-state index in [0.717, 1.165) is 24.8 Å². The van der Waals surface area contributed by atoms with Gasteiger partial charge in [0.2, 0.25) is 5.91 Å². The first-order chi connectivity index (χ1) is 18.1. The van der Waals surface area contributed by atoms with Crippen LogP contribution in [0.2, 0.25) is 0 Å². The van der Waals surface area contributed by atoms with Gasteiger partial charge in [-0.15, -0.1) is 0 Å². The molecule has 2 aromatic carbocycles. The molecule has 4 atom stereocenters. The number of amides is 2. The Bertz CT molecular complexity index is 1070. The van der Waals surface area contributed by atoms with Gasteiger partial charge in [-0.3, -0.25) is 9.59 Å². The molecule has 37 heavy (non-hydrogen) atoms. The molecule has 2 amide bonds. The van der Waals surface area contributed by atoms with Gasteiger partial charge in [-0.1, -0.05) is 60.7 Å². The molecule has 3 fully saturated rings. The number of hydrogen-bond donors (Lipinski definition) is 0. The molecule has 0 N–H and O–H groups in total. The summed E-state index contributed by atoms with van der Waals surface area (Å²) < 4.78 is 11.5. The van der Waals surface area contributed by atoms with Crippen molar-refractivity contribution in [3.8, 4) is 0 Å².